The largest absolute Gasteiger partial charge is 0.460 e. The summed E-state index contributed by atoms with van der Waals surface area (Å²) in [4.78, 5) is 17.1. The second-order valence-corrected chi connectivity index (χ2v) is 7.23. The topological polar surface area (TPSA) is 61.5 Å². The lowest BCUT2D eigenvalue weighted by Crippen LogP contribution is -2.44. The predicted octanol–water partition coefficient (Wildman–Crippen LogP) is 2.95. The Hall–Kier alpha value is -0.610. The first-order valence-electron chi connectivity index (χ1n) is 6.67. The fraction of sp³-hybridized carbons (Fsp3) is 0.929. The molecule has 0 aromatic carbocycles. The molecule has 0 amide bonds. The van der Waals surface area contributed by atoms with E-state index in [1.807, 2.05) is 20.8 Å². The standard InChI is InChI=1S/C14H27NO3/c1-12(2,3)17-11(16)10-14(18-15)8-6-13(4,5)7-9-14/h6-10,15H2,1-5H3. The SMILES string of the molecule is CC1(C)CCC(CC(=O)OC(C)(C)C)(ON)CC1. The molecule has 4 nitrogen and oxygen atoms in total. The molecule has 0 heterocycles. The minimum Gasteiger partial charge on any atom is -0.460 e. The molecule has 1 aliphatic rings. The van der Waals surface area contributed by atoms with E-state index >= 15 is 0 Å². The molecule has 1 aliphatic carbocycles. The summed E-state index contributed by atoms with van der Waals surface area (Å²) in [6.45, 7) is 10.1. The first kappa shape index (κ1) is 15.4. The number of ether oxygens (including phenoxy) is 1. The Morgan fingerprint density at radius 2 is 1.67 bits per heavy atom. The van der Waals surface area contributed by atoms with E-state index in [0.29, 0.717) is 5.41 Å². The first-order chi connectivity index (χ1) is 8.08. The van der Waals surface area contributed by atoms with E-state index in [9.17, 15) is 4.79 Å². The van der Waals surface area contributed by atoms with E-state index in [1.54, 1.807) is 0 Å². The third kappa shape index (κ3) is 4.58. The average molecular weight is 257 g/mol. The normalized spacial score (nSPS) is 22.6. The van der Waals surface area contributed by atoms with Gasteiger partial charge in [-0.15, -0.1) is 0 Å². The first-order valence-corrected chi connectivity index (χ1v) is 6.67. The molecule has 1 saturated carbocycles. The highest BCUT2D eigenvalue weighted by Gasteiger charge is 2.41. The van der Waals surface area contributed by atoms with Gasteiger partial charge in [0, 0.05) is 0 Å². The summed E-state index contributed by atoms with van der Waals surface area (Å²) in [7, 11) is 0. The monoisotopic (exact) mass is 257 g/mol. The van der Waals surface area contributed by atoms with Gasteiger partial charge >= 0.3 is 5.97 Å². The zero-order valence-corrected chi connectivity index (χ0v) is 12.3. The fourth-order valence-electron chi connectivity index (χ4n) is 2.36. The Balaban J connectivity index is 2.60. The molecule has 0 bridgehead atoms. The van der Waals surface area contributed by atoms with Crippen LogP contribution in [0.5, 0.6) is 0 Å². The summed E-state index contributed by atoms with van der Waals surface area (Å²) in [6, 6.07) is 0. The second-order valence-electron chi connectivity index (χ2n) is 7.23. The minimum atomic E-state index is -0.530. The Morgan fingerprint density at radius 3 is 2.06 bits per heavy atom. The molecule has 0 saturated heterocycles. The highest BCUT2D eigenvalue weighted by molar-refractivity contribution is 5.71. The van der Waals surface area contributed by atoms with Gasteiger partial charge in [-0.05, 0) is 51.9 Å². The zero-order chi connectivity index (χ0) is 14.0. The average Bonchev–Trinajstić information content (AvgIpc) is 2.19. The van der Waals surface area contributed by atoms with Crippen LogP contribution in [0, 0.1) is 5.41 Å². The van der Waals surface area contributed by atoms with Gasteiger partial charge in [0.15, 0.2) is 0 Å². The van der Waals surface area contributed by atoms with Crippen LogP contribution in [-0.2, 0) is 14.4 Å². The molecule has 0 radical (unpaired) electrons. The van der Waals surface area contributed by atoms with E-state index in [1.165, 1.54) is 0 Å². The van der Waals surface area contributed by atoms with Crippen LogP contribution in [-0.4, -0.2) is 17.2 Å². The molecule has 0 aromatic rings. The van der Waals surface area contributed by atoms with Gasteiger partial charge in [0.2, 0.25) is 0 Å². The third-order valence-electron chi connectivity index (χ3n) is 3.65. The Kier molecular flexibility index (Phi) is 4.44. The number of rotatable bonds is 3. The molecule has 0 spiro atoms. The predicted molar refractivity (Wildman–Crippen MR) is 70.7 cm³/mol. The molecule has 18 heavy (non-hydrogen) atoms. The van der Waals surface area contributed by atoms with Crippen molar-refractivity contribution < 1.29 is 14.4 Å². The number of hydrogen-bond donors (Lipinski definition) is 1. The van der Waals surface area contributed by atoms with Crippen molar-refractivity contribution in [1.29, 1.82) is 0 Å². The smallest absolute Gasteiger partial charge is 0.309 e. The maximum atomic E-state index is 11.9. The van der Waals surface area contributed by atoms with Crippen LogP contribution >= 0.6 is 0 Å². The molecule has 4 heteroatoms. The quantitative estimate of drug-likeness (QED) is 0.623. The molecule has 0 atom stereocenters. The Morgan fingerprint density at radius 1 is 1.17 bits per heavy atom. The molecule has 0 unspecified atom stereocenters. The molecule has 0 aliphatic heterocycles. The van der Waals surface area contributed by atoms with Crippen LogP contribution < -0.4 is 5.90 Å². The van der Waals surface area contributed by atoms with E-state index in [4.69, 9.17) is 15.5 Å². The van der Waals surface area contributed by atoms with Gasteiger partial charge < -0.3 is 4.74 Å². The molecule has 0 aromatic heterocycles. The van der Waals surface area contributed by atoms with Gasteiger partial charge in [-0.3, -0.25) is 9.63 Å². The maximum Gasteiger partial charge on any atom is 0.309 e. The third-order valence-corrected chi connectivity index (χ3v) is 3.65. The van der Waals surface area contributed by atoms with Crippen molar-refractivity contribution in [1.82, 2.24) is 0 Å². The number of hydrogen-bond acceptors (Lipinski definition) is 4. The van der Waals surface area contributed by atoms with Crippen molar-refractivity contribution in [3.8, 4) is 0 Å². The Labute approximate surface area is 110 Å². The summed E-state index contributed by atoms with van der Waals surface area (Å²) in [5.74, 6) is 5.20. The molecular formula is C14H27NO3. The van der Waals surface area contributed by atoms with Crippen molar-refractivity contribution in [2.75, 3.05) is 0 Å². The number of nitrogens with two attached hydrogens (primary N) is 1. The van der Waals surface area contributed by atoms with Gasteiger partial charge in [-0.25, -0.2) is 5.90 Å². The van der Waals surface area contributed by atoms with Crippen LogP contribution in [0.15, 0.2) is 0 Å². The van der Waals surface area contributed by atoms with Crippen molar-refractivity contribution in [2.24, 2.45) is 11.3 Å². The van der Waals surface area contributed by atoms with Gasteiger partial charge in [0.05, 0.1) is 12.0 Å². The second kappa shape index (κ2) is 5.17. The highest BCUT2D eigenvalue weighted by Crippen LogP contribution is 2.43. The summed E-state index contributed by atoms with van der Waals surface area (Å²) in [6.07, 6.45) is 3.92. The molecule has 1 fully saturated rings. The van der Waals surface area contributed by atoms with Crippen molar-refractivity contribution >= 4 is 5.97 Å². The lowest BCUT2D eigenvalue weighted by Gasteiger charge is -2.41. The fourth-order valence-corrected chi connectivity index (χ4v) is 2.36. The lowest BCUT2D eigenvalue weighted by molar-refractivity contribution is -0.167. The Bertz CT molecular complexity index is 295. The number of carbonyl (C=O) groups excluding carboxylic acids is 1. The van der Waals surface area contributed by atoms with Crippen LogP contribution in [0.1, 0.15) is 66.7 Å². The lowest BCUT2D eigenvalue weighted by atomic mass is 9.70. The van der Waals surface area contributed by atoms with Crippen LogP contribution in [0.4, 0.5) is 0 Å². The van der Waals surface area contributed by atoms with Gasteiger partial charge in [-0.2, -0.15) is 0 Å². The van der Waals surface area contributed by atoms with Crippen LogP contribution in [0.3, 0.4) is 0 Å². The molecule has 106 valence electrons. The molecule has 2 N–H and O–H groups in total. The zero-order valence-electron chi connectivity index (χ0n) is 12.3. The summed E-state index contributed by atoms with van der Waals surface area (Å²) < 4.78 is 5.34. The van der Waals surface area contributed by atoms with E-state index in [0.717, 1.165) is 25.7 Å². The number of esters is 1. The van der Waals surface area contributed by atoms with Crippen LogP contribution in [0.2, 0.25) is 0 Å². The summed E-state index contributed by atoms with van der Waals surface area (Å²) in [5, 5.41) is 0. The molecular weight excluding hydrogens is 230 g/mol. The van der Waals surface area contributed by atoms with E-state index in [-0.39, 0.29) is 12.4 Å². The van der Waals surface area contributed by atoms with Crippen molar-refractivity contribution in [2.45, 2.75) is 77.9 Å². The van der Waals surface area contributed by atoms with Gasteiger partial charge in [-0.1, -0.05) is 13.8 Å². The minimum absolute atomic E-state index is 0.229. The number of carbonyl (C=O) groups is 1. The summed E-state index contributed by atoms with van der Waals surface area (Å²) >= 11 is 0. The molecule has 1 rings (SSSR count). The van der Waals surface area contributed by atoms with E-state index in [2.05, 4.69) is 13.8 Å². The van der Waals surface area contributed by atoms with E-state index < -0.39 is 11.2 Å². The maximum absolute atomic E-state index is 11.9. The van der Waals surface area contributed by atoms with Crippen molar-refractivity contribution in [3.05, 3.63) is 0 Å². The van der Waals surface area contributed by atoms with Gasteiger partial charge in [0.25, 0.3) is 0 Å². The van der Waals surface area contributed by atoms with Gasteiger partial charge in [0.1, 0.15) is 5.60 Å². The summed E-state index contributed by atoms with van der Waals surface area (Å²) in [5.41, 5.74) is -0.672. The highest BCUT2D eigenvalue weighted by atomic mass is 16.6. The van der Waals surface area contributed by atoms with Crippen LogP contribution in [0.25, 0.3) is 0 Å². The van der Waals surface area contributed by atoms with Crippen molar-refractivity contribution in [3.63, 3.8) is 0 Å².